The molecule has 0 aromatic heterocycles. The maximum Gasteiger partial charge on any atom is 0.271 e. The van der Waals surface area contributed by atoms with Crippen LogP contribution >= 0.6 is 15.9 Å². The number of ether oxygens (including phenoxy) is 1. The molecule has 0 radical (unpaired) electrons. The lowest BCUT2D eigenvalue weighted by Gasteiger charge is -2.08. The zero-order valence-electron chi connectivity index (χ0n) is 12.8. The summed E-state index contributed by atoms with van der Waals surface area (Å²) in [7, 11) is 0. The van der Waals surface area contributed by atoms with Gasteiger partial charge in [0.2, 0.25) is 0 Å². The van der Waals surface area contributed by atoms with Gasteiger partial charge in [0, 0.05) is 5.56 Å². The Morgan fingerprint density at radius 3 is 2.87 bits per heavy atom. The Kier molecular flexibility index (Phi) is 5.76. The number of rotatable bonds is 5. The molecule has 0 unspecified atom stereocenters. The number of nitrogens with zero attached hydrogens (tertiary/aromatic N) is 1. The van der Waals surface area contributed by atoms with Crippen LogP contribution in [0.15, 0.2) is 46.0 Å². The van der Waals surface area contributed by atoms with E-state index in [-0.39, 0.29) is 11.7 Å². The van der Waals surface area contributed by atoms with Gasteiger partial charge in [-0.3, -0.25) is 4.79 Å². The second-order valence-electron chi connectivity index (χ2n) is 4.85. The van der Waals surface area contributed by atoms with Crippen molar-refractivity contribution in [3.05, 3.63) is 57.6 Å². The third-order valence-electron chi connectivity index (χ3n) is 3.01. The Balaban J connectivity index is 2.10. The number of aromatic hydroxyl groups is 1. The van der Waals surface area contributed by atoms with E-state index in [1.165, 1.54) is 6.21 Å². The molecule has 2 rings (SSSR count). The molecule has 120 valence electrons. The van der Waals surface area contributed by atoms with E-state index in [1.54, 1.807) is 24.3 Å². The molecule has 0 spiro atoms. The minimum atomic E-state index is -0.284. The molecule has 0 atom stereocenters. The number of phenols is 1. The quantitative estimate of drug-likeness (QED) is 0.618. The Hall–Kier alpha value is -2.34. The minimum Gasteiger partial charge on any atom is -0.503 e. The first-order valence-electron chi connectivity index (χ1n) is 7.06. The van der Waals surface area contributed by atoms with Crippen LogP contribution in [0.3, 0.4) is 0 Å². The van der Waals surface area contributed by atoms with E-state index in [2.05, 4.69) is 26.5 Å². The summed E-state index contributed by atoms with van der Waals surface area (Å²) in [5.74, 6) is 0.106. The monoisotopic (exact) mass is 376 g/mol. The average molecular weight is 377 g/mol. The summed E-state index contributed by atoms with van der Waals surface area (Å²) in [6.45, 7) is 4.18. The van der Waals surface area contributed by atoms with Gasteiger partial charge in [-0.25, -0.2) is 5.43 Å². The van der Waals surface area contributed by atoms with Crippen LogP contribution in [0.25, 0.3) is 0 Å². The topological polar surface area (TPSA) is 70.9 Å². The highest BCUT2D eigenvalue weighted by Crippen LogP contribution is 2.34. The molecule has 23 heavy (non-hydrogen) atoms. The van der Waals surface area contributed by atoms with Gasteiger partial charge in [-0.1, -0.05) is 17.7 Å². The molecule has 6 heteroatoms. The van der Waals surface area contributed by atoms with Crippen molar-refractivity contribution >= 4 is 28.1 Å². The normalized spacial score (nSPS) is 10.7. The number of carbonyl (C=O) groups is 1. The molecule has 0 aliphatic carbocycles. The molecule has 0 saturated carbocycles. The summed E-state index contributed by atoms with van der Waals surface area (Å²) >= 11 is 3.25. The second-order valence-corrected chi connectivity index (χ2v) is 5.71. The van der Waals surface area contributed by atoms with Crippen LogP contribution in [-0.4, -0.2) is 23.8 Å². The van der Waals surface area contributed by atoms with Crippen LogP contribution in [-0.2, 0) is 0 Å². The van der Waals surface area contributed by atoms with Crippen LogP contribution in [0.2, 0.25) is 0 Å². The molecule has 5 nitrogen and oxygen atoms in total. The summed E-state index contributed by atoms with van der Waals surface area (Å²) in [6, 6.07) is 10.6. The Morgan fingerprint density at radius 1 is 1.39 bits per heavy atom. The van der Waals surface area contributed by atoms with E-state index in [4.69, 9.17) is 4.74 Å². The average Bonchev–Trinajstić information content (AvgIpc) is 2.52. The van der Waals surface area contributed by atoms with Gasteiger partial charge < -0.3 is 9.84 Å². The number of halogens is 1. The van der Waals surface area contributed by atoms with Crippen LogP contribution in [0.4, 0.5) is 0 Å². The fourth-order valence-electron chi connectivity index (χ4n) is 1.95. The maximum atomic E-state index is 12.0. The zero-order chi connectivity index (χ0) is 16.8. The van der Waals surface area contributed by atoms with Crippen molar-refractivity contribution in [1.82, 2.24) is 5.43 Å². The number of hydrogen-bond acceptors (Lipinski definition) is 4. The van der Waals surface area contributed by atoms with Crippen molar-refractivity contribution in [2.75, 3.05) is 6.61 Å². The number of hydrazone groups is 1. The molecule has 0 bridgehead atoms. The summed E-state index contributed by atoms with van der Waals surface area (Å²) < 4.78 is 5.83. The van der Waals surface area contributed by atoms with Crippen molar-refractivity contribution in [2.24, 2.45) is 5.10 Å². The van der Waals surface area contributed by atoms with Crippen LogP contribution in [0.1, 0.15) is 28.4 Å². The molecular weight excluding hydrogens is 360 g/mol. The lowest BCUT2D eigenvalue weighted by atomic mass is 10.1. The molecule has 2 aromatic carbocycles. The van der Waals surface area contributed by atoms with Crippen molar-refractivity contribution in [3.63, 3.8) is 0 Å². The molecule has 2 N–H and O–H groups in total. The highest BCUT2D eigenvalue weighted by Gasteiger charge is 2.08. The van der Waals surface area contributed by atoms with E-state index >= 15 is 0 Å². The fraction of sp³-hybridized carbons (Fsp3) is 0.176. The highest BCUT2D eigenvalue weighted by atomic mass is 79.9. The van der Waals surface area contributed by atoms with Gasteiger partial charge in [-0.15, -0.1) is 0 Å². The van der Waals surface area contributed by atoms with Gasteiger partial charge in [-0.2, -0.15) is 5.10 Å². The SMILES string of the molecule is CCOc1cc(/C=N\NC(=O)c2cccc(C)c2)cc(Br)c1O. The molecule has 0 aliphatic heterocycles. The molecule has 0 saturated heterocycles. The number of carbonyl (C=O) groups excluding carboxylic acids is 1. The highest BCUT2D eigenvalue weighted by molar-refractivity contribution is 9.10. The van der Waals surface area contributed by atoms with Crippen molar-refractivity contribution < 1.29 is 14.6 Å². The predicted octanol–water partition coefficient (Wildman–Crippen LogP) is 3.63. The van der Waals surface area contributed by atoms with Crippen LogP contribution in [0.5, 0.6) is 11.5 Å². The number of aryl methyl sites for hydroxylation is 1. The first-order chi connectivity index (χ1) is 11.0. The van der Waals surface area contributed by atoms with Gasteiger partial charge in [0.15, 0.2) is 11.5 Å². The van der Waals surface area contributed by atoms with E-state index < -0.39 is 0 Å². The third kappa shape index (κ3) is 4.56. The van der Waals surface area contributed by atoms with Crippen molar-refractivity contribution in [2.45, 2.75) is 13.8 Å². The number of benzene rings is 2. The summed E-state index contributed by atoms with van der Waals surface area (Å²) in [6.07, 6.45) is 1.49. The maximum absolute atomic E-state index is 12.0. The van der Waals surface area contributed by atoms with Gasteiger partial charge in [0.1, 0.15) is 0 Å². The van der Waals surface area contributed by atoms with Crippen molar-refractivity contribution in [1.29, 1.82) is 0 Å². The van der Waals surface area contributed by atoms with Gasteiger partial charge in [-0.05, 0) is 59.6 Å². The zero-order valence-corrected chi connectivity index (χ0v) is 14.4. The largest absolute Gasteiger partial charge is 0.503 e. The summed E-state index contributed by atoms with van der Waals surface area (Å²) in [5, 5.41) is 13.8. The molecular formula is C17H17BrN2O3. The molecule has 0 heterocycles. The standard InChI is InChI=1S/C17H17BrN2O3/c1-3-23-15-9-12(8-14(18)16(15)21)10-19-20-17(22)13-6-4-5-11(2)7-13/h4-10,21H,3H2,1-2H3,(H,20,22)/b19-10-. The Bertz CT molecular complexity index is 745. The predicted molar refractivity (Wildman–Crippen MR) is 93.2 cm³/mol. The Morgan fingerprint density at radius 2 is 2.17 bits per heavy atom. The van der Waals surface area contributed by atoms with Crippen LogP contribution < -0.4 is 10.2 Å². The minimum absolute atomic E-state index is 0.0350. The number of nitrogens with one attached hydrogen (secondary N) is 1. The van der Waals surface area contributed by atoms with Crippen LogP contribution in [0, 0.1) is 6.92 Å². The van der Waals surface area contributed by atoms with E-state index in [0.29, 0.717) is 28.0 Å². The van der Waals surface area contributed by atoms with Gasteiger partial charge >= 0.3 is 0 Å². The third-order valence-corrected chi connectivity index (χ3v) is 3.62. The summed E-state index contributed by atoms with van der Waals surface area (Å²) in [5.41, 5.74) is 4.71. The fourth-order valence-corrected chi connectivity index (χ4v) is 2.41. The molecule has 2 aromatic rings. The number of phenolic OH excluding ortho intramolecular Hbond substituents is 1. The van der Waals surface area contributed by atoms with Gasteiger partial charge in [0.05, 0.1) is 17.3 Å². The number of amides is 1. The van der Waals surface area contributed by atoms with E-state index in [9.17, 15) is 9.90 Å². The van der Waals surface area contributed by atoms with E-state index in [0.717, 1.165) is 5.56 Å². The smallest absolute Gasteiger partial charge is 0.271 e. The first-order valence-corrected chi connectivity index (χ1v) is 7.86. The molecule has 0 aliphatic rings. The summed E-state index contributed by atoms with van der Waals surface area (Å²) in [4.78, 5) is 12.0. The van der Waals surface area contributed by atoms with Crippen molar-refractivity contribution in [3.8, 4) is 11.5 Å². The molecule has 1 amide bonds. The second kappa shape index (κ2) is 7.78. The van der Waals surface area contributed by atoms with Gasteiger partial charge in [0.25, 0.3) is 5.91 Å². The Labute approximate surface area is 143 Å². The first kappa shape index (κ1) is 17.0. The lowest BCUT2D eigenvalue weighted by molar-refractivity contribution is 0.0955. The number of hydrogen-bond donors (Lipinski definition) is 2. The van der Waals surface area contributed by atoms with E-state index in [1.807, 2.05) is 26.0 Å². The molecule has 0 fully saturated rings. The lowest BCUT2D eigenvalue weighted by Crippen LogP contribution is -2.17.